The summed E-state index contributed by atoms with van der Waals surface area (Å²) in [5.41, 5.74) is 4.53. The number of rotatable bonds is 7. The van der Waals surface area contributed by atoms with Crippen molar-refractivity contribution in [2.24, 2.45) is 0 Å². The maximum atomic E-state index is 11.4. The lowest BCUT2D eigenvalue weighted by Gasteiger charge is -2.12. The Labute approximate surface area is 159 Å². The molecule has 1 N–H and O–H groups in total. The van der Waals surface area contributed by atoms with Crippen LogP contribution < -0.4 is 9.47 Å². The maximum Gasteiger partial charge on any atom is 0.335 e. The van der Waals surface area contributed by atoms with Gasteiger partial charge in [-0.05, 0) is 37.1 Å². The van der Waals surface area contributed by atoms with Crippen LogP contribution in [0.2, 0.25) is 0 Å². The number of benzene rings is 3. The number of hydrogen-bond donors (Lipinski definition) is 1. The van der Waals surface area contributed by atoms with Crippen LogP contribution in [0, 0.1) is 13.8 Å². The standard InChI is InChI=1S/C23H22O4/c1-16-3-7-18(8-4-16)14-26-21-11-20(23(24)25)12-22(13-21)27-15-19-9-5-17(2)6-10-19/h3-13H,14-15H2,1-2H3,(H,24,25). The normalized spacial score (nSPS) is 10.4. The molecule has 0 saturated heterocycles. The van der Waals surface area contributed by atoms with E-state index in [-0.39, 0.29) is 5.56 Å². The Morgan fingerprint density at radius 3 is 1.52 bits per heavy atom. The van der Waals surface area contributed by atoms with E-state index in [1.54, 1.807) is 6.07 Å². The number of carbonyl (C=O) groups is 1. The second-order valence-electron chi connectivity index (χ2n) is 6.55. The maximum absolute atomic E-state index is 11.4. The molecule has 3 aromatic carbocycles. The minimum absolute atomic E-state index is 0.135. The predicted molar refractivity (Wildman–Crippen MR) is 104 cm³/mol. The van der Waals surface area contributed by atoms with Crippen LogP contribution in [-0.2, 0) is 13.2 Å². The highest BCUT2D eigenvalue weighted by molar-refractivity contribution is 5.88. The Balaban J connectivity index is 1.72. The van der Waals surface area contributed by atoms with Crippen molar-refractivity contribution >= 4 is 5.97 Å². The molecule has 138 valence electrons. The molecule has 3 rings (SSSR count). The van der Waals surface area contributed by atoms with Gasteiger partial charge in [0.2, 0.25) is 0 Å². The first kappa shape index (κ1) is 18.5. The van der Waals surface area contributed by atoms with Crippen molar-refractivity contribution in [2.45, 2.75) is 27.1 Å². The van der Waals surface area contributed by atoms with Gasteiger partial charge in [0.25, 0.3) is 0 Å². The summed E-state index contributed by atoms with van der Waals surface area (Å²) in [5, 5.41) is 9.35. The van der Waals surface area contributed by atoms with E-state index in [9.17, 15) is 9.90 Å². The number of carboxylic acids is 1. The number of aryl methyl sites for hydroxylation is 2. The van der Waals surface area contributed by atoms with Gasteiger partial charge in [0.1, 0.15) is 24.7 Å². The third kappa shape index (κ3) is 5.35. The van der Waals surface area contributed by atoms with Crippen LogP contribution in [0.15, 0.2) is 66.7 Å². The van der Waals surface area contributed by atoms with Crippen molar-refractivity contribution in [1.82, 2.24) is 0 Å². The second-order valence-corrected chi connectivity index (χ2v) is 6.55. The van der Waals surface area contributed by atoms with Crippen LogP contribution in [0.25, 0.3) is 0 Å². The Kier molecular flexibility index (Phi) is 5.77. The summed E-state index contributed by atoms with van der Waals surface area (Å²) in [6.45, 7) is 4.78. The summed E-state index contributed by atoms with van der Waals surface area (Å²) in [6.07, 6.45) is 0. The minimum Gasteiger partial charge on any atom is -0.489 e. The van der Waals surface area contributed by atoms with Crippen molar-refractivity contribution in [3.63, 3.8) is 0 Å². The van der Waals surface area contributed by atoms with E-state index in [1.165, 1.54) is 23.3 Å². The molecule has 0 unspecified atom stereocenters. The van der Waals surface area contributed by atoms with Gasteiger partial charge in [-0.25, -0.2) is 4.79 Å². The molecular formula is C23H22O4. The highest BCUT2D eigenvalue weighted by Gasteiger charge is 2.09. The molecule has 3 aromatic rings. The molecule has 0 radical (unpaired) electrons. The molecule has 0 heterocycles. The number of hydrogen-bond acceptors (Lipinski definition) is 3. The van der Waals surface area contributed by atoms with Crippen LogP contribution in [0.5, 0.6) is 11.5 Å². The van der Waals surface area contributed by atoms with E-state index in [2.05, 4.69) is 0 Å². The van der Waals surface area contributed by atoms with E-state index in [1.807, 2.05) is 62.4 Å². The summed E-state index contributed by atoms with van der Waals surface area (Å²) in [5.74, 6) is -0.0836. The molecule has 0 atom stereocenters. The highest BCUT2D eigenvalue weighted by atomic mass is 16.5. The van der Waals surface area contributed by atoms with Gasteiger partial charge in [-0.2, -0.15) is 0 Å². The lowest BCUT2D eigenvalue weighted by molar-refractivity contribution is 0.0695. The predicted octanol–water partition coefficient (Wildman–Crippen LogP) is 5.16. The molecule has 4 heteroatoms. The van der Waals surface area contributed by atoms with Crippen LogP contribution in [0.3, 0.4) is 0 Å². The lowest BCUT2D eigenvalue weighted by Crippen LogP contribution is -2.02. The summed E-state index contributed by atoms with van der Waals surface area (Å²) in [6, 6.07) is 20.8. The van der Waals surface area contributed by atoms with Gasteiger partial charge in [-0.1, -0.05) is 59.7 Å². The molecule has 27 heavy (non-hydrogen) atoms. The fourth-order valence-corrected chi connectivity index (χ4v) is 2.56. The summed E-state index contributed by atoms with van der Waals surface area (Å²) in [4.78, 5) is 11.4. The van der Waals surface area contributed by atoms with E-state index < -0.39 is 5.97 Å². The molecule has 0 bridgehead atoms. The second kappa shape index (κ2) is 8.41. The SMILES string of the molecule is Cc1ccc(COc2cc(OCc3ccc(C)cc3)cc(C(=O)O)c2)cc1. The number of ether oxygens (including phenoxy) is 2. The van der Waals surface area contributed by atoms with Crippen molar-refractivity contribution in [2.75, 3.05) is 0 Å². The summed E-state index contributed by atoms with van der Waals surface area (Å²) in [7, 11) is 0. The first-order chi connectivity index (χ1) is 13.0. The van der Waals surface area contributed by atoms with Gasteiger partial charge in [0, 0.05) is 6.07 Å². The molecule has 0 amide bonds. The van der Waals surface area contributed by atoms with Gasteiger partial charge < -0.3 is 14.6 Å². The molecule has 0 aliphatic carbocycles. The number of aromatic carboxylic acids is 1. The average molecular weight is 362 g/mol. The van der Waals surface area contributed by atoms with Gasteiger partial charge in [0.05, 0.1) is 5.56 Å². The average Bonchev–Trinajstić information content (AvgIpc) is 2.67. The lowest BCUT2D eigenvalue weighted by atomic mass is 10.1. The molecule has 0 aliphatic rings. The first-order valence-electron chi connectivity index (χ1n) is 8.75. The van der Waals surface area contributed by atoms with Crippen LogP contribution >= 0.6 is 0 Å². The zero-order chi connectivity index (χ0) is 19.2. The molecule has 0 aromatic heterocycles. The summed E-state index contributed by atoms with van der Waals surface area (Å²) >= 11 is 0. The molecular weight excluding hydrogens is 340 g/mol. The van der Waals surface area contributed by atoms with Crippen molar-refractivity contribution in [1.29, 1.82) is 0 Å². The molecule has 0 aliphatic heterocycles. The van der Waals surface area contributed by atoms with Crippen LogP contribution in [0.1, 0.15) is 32.6 Å². The van der Waals surface area contributed by atoms with E-state index in [0.717, 1.165) is 11.1 Å². The molecule has 0 saturated carbocycles. The molecule has 0 spiro atoms. The largest absolute Gasteiger partial charge is 0.489 e. The number of carboxylic acid groups (broad SMARTS) is 1. The Morgan fingerprint density at radius 1 is 0.741 bits per heavy atom. The Morgan fingerprint density at radius 2 is 1.15 bits per heavy atom. The van der Waals surface area contributed by atoms with Crippen molar-refractivity contribution in [3.05, 3.63) is 94.5 Å². The Hall–Kier alpha value is -3.27. The smallest absolute Gasteiger partial charge is 0.335 e. The quantitative estimate of drug-likeness (QED) is 0.631. The van der Waals surface area contributed by atoms with Crippen molar-refractivity contribution in [3.8, 4) is 11.5 Å². The zero-order valence-corrected chi connectivity index (χ0v) is 15.4. The third-order valence-electron chi connectivity index (χ3n) is 4.18. The monoisotopic (exact) mass is 362 g/mol. The van der Waals surface area contributed by atoms with Gasteiger partial charge >= 0.3 is 5.97 Å². The van der Waals surface area contributed by atoms with E-state index in [0.29, 0.717) is 24.7 Å². The summed E-state index contributed by atoms with van der Waals surface area (Å²) < 4.78 is 11.6. The van der Waals surface area contributed by atoms with Gasteiger partial charge in [-0.3, -0.25) is 0 Å². The van der Waals surface area contributed by atoms with Crippen molar-refractivity contribution < 1.29 is 19.4 Å². The third-order valence-corrected chi connectivity index (χ3v) is 4.18. The fourth-order valence-electron chi connectivity index (χ4n) is 2.56. The first-order valence-corrected chi connectivity index (χ1v) is 8.75. The van der Waals surface area contributed by atoms with Gasteiger partial charge in [0.15, 0.2) is 0 Å². The van der Waals surface area contributed by atoms with Crippen LogP contribution in [-0.4, -0.2) is 11.1 Å². The minimum atomic E-state index is -1.02. The fraction of sp³-hybridized carbons (Fsp3) is 0.174. The molecule has 0 fully saturated rings. The topological polar surface area (TPSA) is 55.8 Å². The van der Waals surface area contributed by atoms with Gasteiger partial charge in [-0.15, -0.1) is 0 Å². The van der Waals surface area contributed by atoms with E-state index >= 15 is 0 Å². The van der Waals surface area contributed by atoms with E-state index in [4.69, 9.17) is 9.47 Å². The zero-order valence-electron chi connectivity index (χ0n) is 15.4. The molecule has 4 nitrogen and oxygen atoms in total. The Bertz CT molecular complexity index is 844. The highest BCUT2D eigenvalue weighted by Crippen LogP contribution is 2.25. The van der Waals surface area contributed by atoms with Crippen LogP contribution in [0.4, 0.5) is 0 Å².